The van der Waals surface area contributed by atoms with Gasteiger partial charge in [0.15, 0.2) is 6.23 Å². The lowest BCUT2D eigenvalue weighted by atomic mass is 9.79. The molecular weight excluding hydrogens is 515 g/mol. The van der Waals surface area contributed by atoms with Crippen LogP contribution in [0.25, 0.3) is 0 Å². The van der Waals surface area contributed by atoms with Crippen LogP contribution in [0.5, 0.6) is 5.75 Å². The molecule has 0 aliphatic carbocycles. The molecule has 1 saturated heterocycles. The van der Waals surface area contributed by atoms with Gasteiger partial charge < -0.3 is 19.1 Å². The fourth-order valence-corrected chi connectivity index (χ4v) is 5.51. The van der Waals surface area contributed by atoms with E-state index in [1.54, 1.807) is 37.3 Å². The summed E-state index contributed by atoms with van der Waals surface area (Å²) in [7, 11) is -2.82. The Hall–Kier alpha value is -2.41. The monoisotopic (exact) mass is 543 g/mol. The van der Waals surface area contributed by atoms with E-state index in [4.69, 9.17) is 30.1 Å². The molecule has 1 aromatic carbocycles. The van der Waals surface area contributed by atoms with Gasteiger partial charge in [0.2, 0.25) is 0 Å². The van der Waals surface area contributed by atoms with Crippen LogP contribution in [0.1, 0.15) is 27.0 Å². The molecule has 15 heteroatoms. The second kappa shape index (κ2) is 10.9. The first-order valence-corrected chi connectivity index (χ1v) is 13.0. The number of halogens is 1. The van der Waals surface area contributed by atoms with Crippen molar-refractivity contribution in [2.45, 2.75) is 49.5 Å². The van der Waals surface area contributed by atoms with Gasteiger partial charge in [-0.2, -0.15) is 5.09 Å². The van der Waals surface area contributed by atoms with E-state index in [2.05, 4.69) is 10.1 Å². The van der Waals surface area contributed by atoms with E-state index >= 15 is 0 Å². The van der Waals surface area contributed by atoms with Gasteiger partial charge in [-0.3, -0.25) is 23.7 Å². The van der Waals surface area contributed by atoms with Gasteiger partial charge in [0.1, 0.15) is 25.2 Å². The van der Waals surface area contributed by atoms with Crippen molar-refractivity contribution < 1.29 is 33.0 Å². The Labute approximate surface area is 212 Å². The molecule has 0 saturated carbocycles. The highest BCUT2D eigenvalue weighted by Gasteiger charge is 2.54. The van der Waals surface area contributed by atoms with Crippen molar-refractivity contribution in [3.05, 3.63) is 63.4 Å². The SMILES string of the molecule is B[C@]1(Cl)[C@H](O)[C@@H](CO[P@](=O)(NC(C)(C)C(=O)OCC)Oc2ccccc2)O[C@H]1n1ccc(=O)[nH]c1=O. The Balaban J connectivity index is 1.84. The number of esters is 1. The van der Waals surface area contributed by atoms with Crippen molar-refractivity contribution in [2.75, 3.05) is 13.2 Å². The number of nitrogens with one attached hydrogen (secondary N) is 2. The Morgan fingerprint density at radius 1 is 1.33 bits per heavy atom. The maximum atomic E-state index is 13.7. The van der Waals surface area contributed by atoms with Crippen LogP contribution in [0, 0.1) is 0 Å². The number of aliphatic hydroxyl groups is 1. The molecule has 0 bridgehead atoms. The third-order valence-electron chi connectivity index (χ3n) is 5.40. The number of hydrogen-bond acceptors (Lipinski definition) is 9. The molecule has 0 radical (unpaired) electrons. The molecule has 5 atom stereocenters. The number of carbonyl (C=O) groups excluding carboxylic acids is 1. The Morgan fingerprint density at radius 3 is 2.61 bits per heavy atom. The number of H-pyrrole nitrogens is 1. The smallest absolute Gasteiger partial charge is 0.459 e. The average molecular weight is 544 g/mol. The number of hydrogen-bond donors (Lipinski definition) is 3. The standard InChI is InChI=1S/C21H28BClN3O9P/c1-4-32-18(29)20(2,3)25-36(31,35-13-8-6-5-7-9-13)33-12-14-16(28)21(22,23)17(34-14)26-11-10-15(27)24-19(26)30/h5-11,14,16-17,28H,4,12,22H2,1-3H3,(H,25,31)(H,24,27,30)/t14-,16-,17-,21+,36-/m1/s1. The summed E-state index contributed by atoms with van der Waals surface area (Å²) >= 11 is 6.53. The van der Waals surface area contributed by atoms with Gasteiger partial charge in [-0.05, 0) is 32.9 Å². The molecule has 3 N–H and O–H groups in total. The molecule has 1 aliphatic heterocycles. The van der Waals surface area contributed by atoms with Crippen LogP contribution in [-0.4, -0.2) is 64.2 Å². The predicted octanol–water partition coefficient (Wildman–Crippen LogP) is 0.498. The molecule has 0 unspecified atom stereocenters. The van der Waals surface area contributed by atoms with Gasteiger partial charge in [0.05, 0.1) is 24.1 Å². The molecule has 2 heterocycles. The van der Waals surface area contributed by atoms with Crippen molar-refractivity contribution in [3.63, 3.8) is 0 Å². The van der Waals surface area contributed by atoms with E-state index in [9.17, 15) is 24.1 Å². The summed E-state index contributed by atoms with van der Waals surface area (Å²) in [4.78, 5) is 38.2. The Morgan fingerprint density at radius 2 is 2.00 bits per heavy atom. The fraction of sp³-hybridized carbons (Fsp3) is 0.476. The maximum Gasteiger partial charge on any atom is 0.459 e. The number of ether oxygens (including phenoxy) is 2. The van der Waals surface area contributed by atoms with E-state index in [1.165, 1.54) is 27.9 Å². The third-order valence-corrected chi connectivity index (χ3v) is 7.58. The molecule has 1 aliphatic rings. The van der Waals surface area contributed by atoms with Crippen molar-refractivity contribution in [3.8, 4) is 5.75 Å². The number of rotatable bonds is 10. The van der Waals surface area contributed by atoms with E-state index in [1.807, 2.05) is 0 Å². The molecule has 3 rings (SSSR count). The maximum absolute atomic E-state index is 13.7. The number of aromatic nitrogens is 2. The lowest BCUT2D eigenvalue weighted by Crippen LogP contribution is -2.47. The first kappa shape index (κ1) is 28.2. The zero-order valence-electron chi connectivity index (χ0n) is 20.2. The quantitative estimate of drug-likeness (QED) is 0.167. The fourth-order valence-electron chi connectivity index (χ4n) is 3.54. The highest BCUT2D eigenvalue weighted by atomic mass is 35.5. The van der Waals surface area contributed by atoms with Crippen molar-refractivity contribution in [2.24, 2.45) is 0 Å². The highest BCUT2D eigenvalue weighted by Crippen LogP contribution is 2.48. The van der Waals surface area contributed by atoms with Gasteiger partial charge in [0, 0.05) is 12.3 Å². The largest absolute Gasteiger partial charge is 0.465 e. The topological polar surface area (TPSA) is 158 Å². The molecule has 36 heavy (non-hydrogen) atoms. The number of para-hydroxylation sites is 1. The average Bonchev–Trinajstić information content (AvgIpc) is 3.01. The summed E-state index contributed by atoms with van der Waals surface area (Å²) in [6.07, 6.45) is -2.54. The van der Waals surface area contributed by atoms with Crippen molar-refractivity contribution in [1.82, 2.24) is 14.6 Å². The predicted molar refractivity (Wildman–Crippen MR) is 133 cm³/mol. The summed E-state index contributed by atoms with van der Waals surface area (Å²) in [5.41, 5.74) is -2.87. The second-order valence-electron chi connectivity index (χ2n) is 8.80. The molecule has 12 nitrogen and oxygen atoms in total. The van der Waals surface area contributed by atoms with Gasteiger partial charge in [-0.1, -0.05) is 18.2 Å². The van der Waals surface area contributed by atoms with Crippen LogP contribution >= 0.6 is 19.3 Å². The minimum atomic E-state index is -4.27. The van der Waals surface area contributed by atoms with Gasteiger partial charge in [-0.25, -0.2) is 9.36 Å². The first-order valence-electron chi connectivity index (χ1n) is 11.1. The van der Waals surface area contributed by atoms with Gasteiger partial charge in [-0.15, -0.1) is 11.6 Å². The zero-order chi connectivity index (χ0) is 26.7. The molecular formula is C21H28BClN3O9P. The molecule has 0 amide bonds. The zero-order valence-corrected chi connectivity index (χ0v) is 21.8. The number of aliphatic hydroxyl groups excluding tert-OH is 1. The van der Waals surface area contributed by atoms with Crippen LogP contribution in [0.4, 0.5) is 0 Å². The summed E-state index contributed by atoms with van der Waals surface area (Å²) < 4.78 is 35.3. The number of carbonyl (C=O) groups is 1. The summed E-state index contributed by atoms with van der Waals surface area (Å²) in [5, 5.41) is 13.4. The number of alkyl halides is 1. The normalized spacial score (nSPS) is 25.8. The lowest BCUT2D eigenvalue weighted by Gasteiger charge is -2.30. The molecule has 2 aromatic rings. The lowest BCUT2D eigenvalue weighted by molar-refractivity contribution is -0.149. The Kier molecular flexibility index (Phi) is 8.54. The number of nitrogens with zero attached hydrogens (tertiary/aromatic N) is 1. The molecule has 1 aromatic heterocycles. The van der Waals surface area contributed by atoms with Gasteiger partial charge >= 0.3 is 19.4 Å². The minimum absolute atomic E-state index is 0.108. The number of benzene rings is 1. The van der Waals surface area contributed by atoms with Crippen LogP contribution < -0.4 is 20.9 Å². The summed E-state index contributed by atoms with van der Waals surface area (Å²) in [5.74, 6) is -0.491. The van der Waals surface area contributed by atoms with E-state index in [0.717, 1.165) is 10.6 Å². The highest BCUT2D eigenvalue weighted by molar-refractivity contribution is 7.52. The second-order valence-corrected chi connectivity index (χ2v) is 11.3. The minimum Gasteiger partial charge on any atom is -0.465 e. The first-order chi connectivity index (χ1) is 16.8. The molecule has 1 fully saturated rings. The molecule has 196 valence electrons. The van der Waals surface area contributed by atoms with Gasteiger partial charge in [0.25, 0.3) is 5.56 Å². The number of aromatic amines is 1. The van der Waals surface area contributed by atoms with E-state index in [0.29, 0.717) is 0 Å². The van der Waals surface area contributed by atoms with Crippen LogP contribution in [0.3, 0.4) is 0 Å². The summed E-state index contributed by atoms with van der Waals surface area (Å²) in [6, 6.07) is 9.25. The van der Waals surface area contributed by atoms with Crippen molar-refractivity contribution >= 4 is 33.2 Å². The summed E-state index contributed by atoms with van der Waals surface area (Å²) in [6.45, 7) is 4.15. The van der Waals surface area contributed by atoms with Crippen LogP contribution in [-0.2, 0) is 23.4 Å². The molecule has 0 spiro atoms. The van der Waals surface area contributed by atoms with E-state index < -0.39 is 60.3 Å². The van der Waals surface area contributed by atoms with Crippen LogP contribution in [0.15, 0.2) is 52.2 Å². The Bertz CT molecular complexity index is 1240. The van der Waals surface area contributed by atoms with Crippen LogP contribution in [0.2, 0.25) is 0 Å². The third kappa shape index (κ3) is 6.29. The van der Waals surface area contributed by atoms with E-state index in [-0.39, 0.29) is 12.4 Å². The van der Waals surface area contributed by atoms with Crippen molar-refractivity contribution in [1.29, 1.82) is 0 Å².